The largest absolute Gasteiger partial charge is 0.355 e. The van der Waals surface area contributed by atoms with Crippen molar-refractivity contribution >= 4 is 11.8 Å². The van der Waals surface area contributed by atoms with Gasteiger partial charge in [0.2, 0.25) is 11.8 Å². The molecule has 82 valence electrons. The molecule has 0 spiro atoms. The van der Waals surface area contributed by atoms with Crippen LogP contribution in [0.15, 0.2) is 0 Å². The lowest BCUT2D eigenvalue weighted by Gasteiger charge is -2.12. The maximum Gasteiger partial charge on any atom is 0.223 e. The molecule has 0 aliphatic carbocycles. The van der Waals surface area contributed by atoms with Gasteiger partial charge in [-0.1, -0.05) is 13.8 Å². The van der Waals surface area contributed by atoms with E-state index in [1.807, 2.05) is 13.8 Å². The van der Waals surface area contributed by atoms with Crippen LogP contribution in [0.1, 0.15) is 33.6 Å². The number of hydrogen-bond donors (Lipinski definition) is 2. The molecule has 0 rings (SSSR count). The first-order chi connectivity index (χ1) is 6.61. The van der Waals surface area contributed by atoms with Gasteiger partial charge >= 0.3 is 0 Å². The molecule has 0 heterocycles. The van der Waals surface area contributed by atoms with Gasteiger partial charge in [0.15, 0.2) is 0 Å². The average Bonchev–Trinajstić information content (AvgIpc) is 2.14. The van der Waals surface area contributed by atoms with Crippen molar-refractivity contribution in [3.05, 3.63) is 0 Å². The number of rotatable bonds is 6. The molecular weight excluding hydrogens is 180 g/mol. The maximum absolute atomic E-state index is 11.4. The fourth-order valence-corrected chi connectivity index (χ4v) is 1.23. The first-order valence-corrected chi connectivity index (χ1v) is 5.13. The number of carbonyl (C=O) groups excluding carboxylic acids is 2. The third-order valence-corrected chi connectivity index (χ3v) is 2.15. The smallest absolute Gasteiger partial charge is 0.223 e. The van der Waals surface area contributed by atoms with Crippen molar-refractivity contribution in [1.82, 2.24) is 10.6 Å². The molecule has 0 unspecified atom stereocenters. The molecule has 0 radical (unpaired) electrons. The minimum absolute atomic E-state index is 0.0678. The van der Waals surface area contributed by atoms with Crippen molar-refractivity contribution in [3.8, 4) is 0 Å². The molecule has 0 saturated heterocycles. The molecule has 14 heavy (non-hydrogen) atoms. The van der Waals surface area contributed by atoms with Crippen molar-refractivity contribution in [2.45, 2.75) is 33.6 Å². The fraction of sp³-hybridized carbons (Fsp3) is 0.800. The third-order valence-electron chi connectivity index (χ3n) is 2.15. The second-order valence-corrected chi connectivity index (χ2v) is 3.29. The molecule has 0 bridgehead atoms. The van der Waals surface area contributed by atoms with Crippen molar-refractivity contribution in [3.63, 3.8) is 0 Å². The molecule has 0 fully saturated rings. The Balaban J connectivity index is 3.57. The Labute approximate surface area is 85.4 Å². The van der Waals surface area contributed by atoms with Crippen LogP contribution in [-0.2, 0) is 9.59 Å². The predicted molar refractivity (Wildman–Crippen MR) is 55.8 cm³/mol. The van der Waals surface area contributed by atoms with Crippen LogP contribution in [0.2, 0.25) is 0 Å². The van der Waals surface area contributed by atoms with E-state index in [-0.39, 0.29) is 17.7 Å². The molecule has 0 aliphatic heterocycles. The van der Waals surface area contributed by atoms with Crippen LogP contribution in [0.5, 0.6) is 0 Å². The van der Waals surface area contributed by atoms with Gasteiger partial charge in [-0.2, -0.15) is 0 Å². The Hall–Kier alpha value is -1.06. The molecule has 0 aromatic rings. The average molecular weight is 200 g/mol. The number of hydrogen-bond acceptors (Lipinski definition) is 2. The van der Waals surface area contributed by atoms with E-state index in [9.17, 15) is 9.59 Å². The normalized spacial score (nSPS) is 10.0. The molecule has 4 heteroatoms. The SMILES string of the molecule is CCC(CC)C(=O)NCCNC(C)=O. The first kappa shape index (κ1) is 12.9. The number of amides is 2. The highest BCUT2D eigenvalue weighted by Gasteiger charge is 2.12. The minimum atomic E-state index is -0.0678. The van der Waals surface area contributed by atoms with Gasteiger partial charge in [-0.25, -0.2) is 0 Å². The zero-order valence-corrected chi connectivity index (χ0v) is 9.22. The lowest BCUT2D eigenvalue weighted by molar-refractivity contribution is -0.125. The van der Waals surface area contributed by atoms with Gasteiger partial charge in [-0.05, 0) is 12.8 Å². The fourth-order valence-electron chi connectivity index (χ4n) is 1.23. The number of nitrogens with one attached hydrogen (secondary N) is 2. The summed E-state index contributed by atoms with van der Waals surface area (Å²) in [6, 6.07) is 0. The summed E-state index contributed by atoms with van der Waals surface area (Å²) in [4.78, 5) is 21.9. The van der Waals surface area contributed by atoms with Gasteiger partial charge in [-0.3, -0.25) is 9.59 Å². The van der Waals surface area contributed by atoms with E-state index in [1.165, 1.54) is 6.92 Å². The Kier molecular flexibility index (Phi) is 6.80. The van der Waals surface area contributed by atoms with Crippen LogP contribution in [-0.4, -0.2) is 24.9 Å². The monoisotopic (exact) mass is 200 g/mol. The van der Waals surface area contributed by atoms with E-state index in [2.05, 4.69) is 10.6 Å². The summed E-state index contributed by atoms with van der Waals surface area (Å²) in [6.07, 6.45) is 1.73. The van der Waals surface area contributed by atoms with E-state index in [0.29, 0.717) is 13.1 Å². The van der Waals surface area contributed by atoms with E-state index in [1.54, 1.807) is 0 Å². The lowest BCUT2D eigenvalue weighted by Crippen LogP contribution is -2.36. The Morgan fingerprint density at radius 2 is 1.57 bits per heavy atom. The summed E-state index contributed by atoms with van der Waals surface area (Å²) in [6.45, 7) is 6.47. The van der Waals surface area contributed by atoms with Crippen molar-refractivity contribution < 1.29 is 9.59 Å². The summed E-state index contributed by atoms with van der Waals surface area (Å²) < 4.78 is 0. The molecule has 4 nitrogen and oxygen atoms in total. The second-order valence-electron chi connectivity index (χ2n) is 3.29. The van der Waals surface area contributed by atoms with Crippen LogP contribution in [0, 0.1) is 5.92 Å². The van der Waals surface area contributed by atoms with E-state index in [4.69, 9.17) is 0 Å². The van der Waals surface area contributed by atoms with Gasteiger partial charge in [0.25, 0.3) is 0 Å². The molecule has 0 aromatic carbocycles. The van der Waals surface area contributed by atoms with Crippen molar-refractivity contribution in [2.75, 3.05) is 13.1 Å². The van der Waals surface area contributed by atoms with Crippen LogP contribution >= 0.6 is 0 Å². The zero-order valence-electron chi connectivity index (χ0n) is 9.22. The highest BCUT2D eigenvalue weighted by Crippen LogP contribution is 2.06. The van der Waals surface area contributed by atoms with Gasteiger partial charge in [0.1, 0.15) is 0 Å². The van der Waals surface area contributed by atoms with Crippen molar-refractivity contribution in [2.24, 2.45) is 5.92 Å². The van der Waals surface area contributed by atoms with E-state index < -0.39 is 0 Å². The Morgan fingerprint density at radius 3 is 2.00 bits per heavy atom. The maximum atomic E-state index is 11.4. The number of carbonyl (C=O) groups is 2. The summed E-state index contributed by atoms with van der Waals surface area (Å²) in [7, 11) is 0. The quantitative estimate of drug-likeness (QED) is 0.619. The second kappa shape index (κ2) is 7.35. The van der Waals surface area contributed by atoms with E-state index in [0.717, 1.165) is 12.8 Å². The zero-order chi connectivity index (χ0) is 11.0. The molecular formula is C10H20N2O2. The molecule has 0 saturated carbocycles. The van der Waals surface area contributed by atoms with Gasteiger partial charge in [-0.15, -0.1) is 0 Å². The lowest BCUT2D eigenvalue weighted by atomic mass is 10.0. The summed E-state index contributed by atoms with van der Waals surface area (Å²) in [5.41, 5.74) is 0. The third kappa shape index (κ3) is 5.56. The highest BCUT2D eigenvalue weighted by molar-refractivity contribution is 5.78. The van der Waals surface area contributed by atoms with Crippen LogP contribution in [0.3, 0.4) is 0 Å². The summed E-state index contributed by atoms with van der Waals surface area (Å²) in [5, 5.41) is 5.41. The Morgan fingerprint density at radius 1 is 1.07 bits per heavy atom. The van der Waals surface area contributed by atoms with E-state index >= 15 is 0 Å². The van der Waals surface area contributed by atoms with Gasteiger partial charge in [0.05, 0.1) is 0 Å². The van der Waals surface area contributed by atoms with Crippen LogP contribution in [0.25, 0.3) is 0 Å². The van der Waals surface area contributed by atoms with Gasteiger partial charge in [0, 0.05) is 25.9 Å². The molecule has 0 aliphatic rings. The van der Waals surface area contributed by atoms with Gasteiger partial charge < -0.3 is 10.6 Å². The van der Waals surface area contributed by atoms with Crippen molar-refractivity contribution in [1.29, 1.82) is 0 Å². The first-order valence-electron chi connectivity index (χ1n) is 5.13. The molecule has 2 amide bonds. The van der Waals surface area contributed by atoms with Crippen LogP contribution in [0.4, 0.5) is 0 Å². The minimum Gasteiger partial charge on any atom is -0.355 e. The predicted octanol–water partition coefficient (Wildman–Crippen LogP) is 0.675. The summed E-state index contributed by atoms with van der Waals surface area (Å²) in [5.74, 6) is 0.120. The standard InChI is InChI=1S/C10H20N2O2/c1-4-9(5-2)10(14)12-7-6-11-8(3)13/h9H,4-7H2,1-3H3,(H,11,13)(H,12,14). The highest BCUT2D eigenvalue weighted by atomic mass is 16.2. The topological polar surface area (TPSA) is 58.2 Å². The molecule has 0 aromatic heterocycles. The Bertz CT molecular complexity index is 189. The summed E-state index contributed by atoms with van der Waals surface area (Å²) >= 11 is 0. The molecule has 0 atom stereocenters. The van der Waals surface area contributed by atoms with Crippen LogP contribution < -0.4 is 10.6 Å². The molecule has 2 N–H and O–H groups in total.